The maximum Gasteiger partial charge on any atom is 0.187 e. The second-order valence-electron chi connectivity index (χ2n) is 27.6. The van der Waals surface area contributed by atoms with Gasteiger partial charge in [0.25, 0.3) is 0 Å². The summed E-state index contributed by atoms with van der Waals surface area (Å²) in [5, 5.41) is 20.2. The predicted octanol–water partition coefficient (Wildman–Crippen LogP) is 20.6. The van der Waals surface area contributed by atoms with Crippen molar-refractivity contribution < 1.29 is 29.3 Å². The van der Waals surface area contributed by atoms with Gasteiger partial charge in [0.1, 0.15) is 12.2 Å². The first kappa shape index (κ1) is 75.7. The van der Waals surface area contributed by atoms with Crippen LogP contribution < -0.4 is 0 Å². The number of aliphatic hydroxyl groups excluding tert-OH is 2. The number of ether oxygens (including phenoxy) is 2. The summed E-state index contributed by atoms with van der Waals surface area (Å²) < 4.78 is 10.8. The minimum absolute atomic E-state index is 0.00194. The molecule has 0 aromatic rings. The zero-order chi connectivity index (χ0) is 66.2. The highest BCUT2D eigenvalue weighted by Gasteiger charge is 2.39. The lowest BCUT2D eigenvalue weighted by atomic mass is 9.67. The van der Waals surface area contributed by atoms with Crippen molar-refractivity contribution in [3.63, 3.8) is 0 Å². The molecular formula is C82H112O6. The molecule has 0 amide bonds. The molecule has 0 heterocycles. The van der Waals surface area contributed by atoms with Crippen LogP contribution in [0, 0.1) is 27.6 Å². The highest BCUT2D eigenvalue weighted by atomic mass is 16.5. The molecule has 4 aliphatic carbocycles. The van der Waals surface area contributed by atoms with E-state index in [4.69, 9.17) is 9.47 Å². The van der Waals surface area contributed by atoms with Gasteiger partial charge in [-0.25, -0.2) is 0 Å². The third-order valence-electron chi connectivity index (χ3n) is 17.2. The van der Waals surface area contributed by atoms with Crippen molar-refractivity contribution in [3.8, 4) is 0 Å². The first-order valence-corrected chi connectivity index (χ1v) is 31.6. The Morgan fingerprint density at radius 3 is 1.07 bits per heavy atom. The summed E-state index contributed by atoms with van der Waals surface area (Å²) in [5.41, 5.74) is 16.8. The van der Waals surface area contributed by atoms with Crippen LogP contribution in [0.4, 0.5) is 0 Å². The van der Waals surface area contributed by atoms with Gasteiger partial charge in [-0.15, -0.1) is 0 Å². The average Bonchev–Trinajstić information content (AvgIpc) is 1.77. The SMILES string of the molecule is CO[C@H]1CC(C)(C)C(/C=C/C(C)=C/C=C/C(C)=C/C=C/C=C(C)/C=C/C=C(C)/C=C/C2=C(C)C[C@@H](O)CC2(C)C)=C(C)C1=O.CO[C@H]1CC(C)(C)C(/C=C/C(C)=C/C=C/C(C)=C/C=C/C=C(C)/C=C/C=C(C)/C=C/[C@H]2C(C)=C[C@@H](O)CC2(C)C)=C(C)C1=O. The fourth-order valence-electron chi connectivity index (χ4n) is 12.1. The van der Waals surface area contributed by atoms with E-state index in [2.05, 4.69) is 295 Å². The van der Waals surface area contributed by atoms with Crippen LogP contribution in [0.15, 0.2) is 260 Å². The molecule has 0 aromatic carbocycles. The number of carbonyl (C=O) groups excluding carboxylic acids is 2. The predicted molar refractivity (Wildman–Crippen MR) is 379 cm³/mol. The van der Waals surface area contributed by atoms with E-state index >= 15 is 0 Å². The van der Waals surface area contributed by atoms with Crippen molar-refractivity contribution in [1.82, 2.24) is 0 Å². The van der Waals surface area contributed by atoms with E-state index in [1.165, 1.54) is 39.0 Å². The van der Waals surface area contributed by atoms with Gasteiger partial charge < -0.3 is 19.7 Å². The van der Waals surface area contributed by atoms with E-state index in [-0.39, 0.29) is 57.6 Å². The third-order valence-corrected chi connectivity index (χ3v) is 17.2. The van der Waals surface area contributed by atoms with Crippen molar-refractivity contribution in [2.45, 2.75) is 195 Å². The standard InChI is InChI=1S/2C41H56O3/c2*1-29(18-14-20-31(3)22-24-36-33(5)26-35(42)27-40(36,7)8)16-12-13-17-30(2)19-15-21-32(4)23-25-37-34(6)39(43)38(44-11)28-41(37,9)10/h12-25,35,38,42H,26-28H2,1-11H3;12-26,35-36,38,42H,27-28H2,1-11H3/b2*13-12+,18-14+,19-15+,24-22+,25-23+,29-16+,30-17+,31-20+,32-21+/t35-,38+;35-,36+,38+/m11/s1. The molecule has 0 fully saturated rings. The third kappa shape index (κ3) is 25.2. The lowest BCUT2D eigenvalue weighted by molar-refractivity contribution is -0.128. The Morgan fingerprint density at radius 1 is 0.432 bits per heavy atom. The Kier molecular flexibility index (Phi) is 30.6. The Balaban J connectivity index is 0.000000460. The second kappa shape index (κ2) is 35.6. The second-order valence-corrected chi connectivity index (χ2v) is 27.6. The summed E-state index contributed by atoms with van der Waals surface area (Å²) in [4.78, 5) is 25.2. The smallest absolute Gasteiger partial charge is 0.187 e. The lowest BCUT2D eigenvalue weighted by Crippen LogP contribution is -2.37. The van der Waals surface area contributed by atoms with Crippen LogP contribution in [0.5, 0.6) is 0 Å². The number of Topliss-reactive ketones (excluding diaryl/α,β-unsaturated/α-hetero) is 2. The highest BCUT2D eigenvalue weighted by molar-refractivity contribution is 6.01. The van der Waals surface area contributed by atoms with Gasteiger partial charge in [0, 0.05) is 20.1 Å². The van der Waals surface area contributed by atoms with Crippen molar-refractivity contribution >= 4 is 11.6 Å². The highest BCUT2D eigenvalue weighted by Crippen LogP contribution is 2.44. The zero-order valence-electron chi connectivity index (χ0n) is 58.2. The quantitative estimate of drug-likeness (QED) is 0.0829. The maximum atomic E-state index is 12.6. The molecule has 4 rings (SSSR count). The summed E-state index contributed by atoms with van der Waals surface area (Å²) in [6.07, 6.45) is 63.4. The number of aliphatic hydroxyl groups is 2. The molecule has 0 saturated carbocycles. The van der Waals surface area contributed by atoms with Crippen LogP contribution in [0.3, 0.4) is 0 Å². The van der Waals surface area contributed by atoms with Crippen LogP contribution in [-0.4, -0.2) is 60.4 Å². The monoisotopic (exact) mass is 1190 g/mol. The molecule has 0 unspecified atom stereocenters. The Bertz CT molecular complexity index is 3180. The molecule has 0 aliphatic heterocycles. The van der Waals surface area contributed by atoms with Gasteiger partial charge in [0.05, 0.1) is 12.2 Å². The van der Waals surface area contributed by atoms with Gasteiger partial charge in [-0.3, -0.25) is 9.59 Å². The van der Waals surface area contributed by atoms with Crippen LogP contribution in [-0.2, 0) is 19.1 Å². The average molecular weight is 1190 g/mol. The van der Waals surface area contributed by atoms with Crippen LogP contribution in [0.2, 0.25) is 0 Å². The number of hydrogen-bond donors (Lipinski definition) is 2. The fourth-order valence-corrected chi connectivity index (χ4v) is 12.1. The van der Waals surface area contributed by atoms with Crippen LogP contribution in [0.25, 0.3) is 0 Å². The van der Waals surface area contributed by atoms with E-state index in [0.29, 0.717) is 18.8 Å². The van der Waals surface area contributed by atoms with E-state index in [1.807, 2.05) is 19.9 Å². The normalized spacial score (nSPS) is 25.2. The fraction of sp³-hybridized carbons (Fsp3) is 0.439. The van der Waals surface area contributed by atoms with Gasteiger partial charge in [-0.1, -0.05) is 287 Å². The number of methoxy groups -OCH3 is 2. The summed E-state index contributed by atoms with van der Waals surface area (Å²) in [6.45, 7) is 42.4. The number of rotatable bonds is 22. The number of ketones is 2. The maximum absolute atomic E-state index is 12.6. The van der Waals surface area contributed by atoms with Gasteiger partial charge >= 0.3 is 0 Å². The first-order valence-electron chi connectivity index (χ1n) is 31.6. The van der Waals surface area contributed by atoms with Crippen molar-refractivity contribution in [3.05, 3.63) is 260 Å². The Morgan fingerprint density at radius 2 is 0.739 bits per heavy atom. The molecule has 0 aromatic heterocycles. The molecule has 88 heavy (non-hydrogen) atoms. The topological polar surface area (TPSA) is 93.1 Å². The molecule has 6 heteroatoms. The molecule has 5 atom stereocenters. The Labute approximate surface area is 534 Å². The van der Waals surface area contributed by atoms with Gasteiger partial charge in [0.15, 0.2) is 11.6 Å². The van der Waals surface area contributed by atoms with Gasteiger partial charge in [0.2, 0.25) is 0 Å². The summed E-state index contributed by atoms with van der Waals surface area (Å²) in [5.74, 6) is 0.522. The largest absolute Gasteiger partial charge is 0.393 e. The van der Waals surface area contributed by atoms with Crippen LogP contribution >= 0.6 is 0 Å². The molecule has 2 N–H and O–H groups in total. The van der Waals surface area contributed by atoms with Crippen molar-refractivity contribution in [1.29, 1.82) is 0 Å². The van der Waals surface area contributed by atoms with E-state index in [9.17, 15) is 19.8 Å². The van der Waals surface area contributed by atoms with E-state index in [0.717, 1.165) is 63.8 Å². The van der Waals surface area contributed by atoms with Crippen molar-refractivity contribution in [2.24, 2.45) is 27.6 Å². The van der Waals surface area contributed by atoms with Crippen molar-refractivity contribution in [2.75, 3.05) is 14.2 Å². The number of allylic oxidation sites excluding steroid dienone is 40. The van der Waals surface area contributed by atoms with Gasteiger partial charge in [-0.2, -0.15) is 0 Å². The zero-order valence-corrected chi connectivity index (χ0v) is 58.2. The van der Waals surface area contributed by atoms with Crippen LogP contribution in [0.1, 0.15) is 171 Å². The molecule has 476 valence electrons. The summed E-state index contributed by atoms with van der Waals surface area (Å²) in [6, 6.07) is 0. The van der Waals surface area contributed by atoms with E-state index < -0.39 is 0 Å². The Hall–Kier alpha value is -6.54. The summed E-state index contributed by atoms with van der Waals surface area (Å²) >= 11 is 0. The number of carbonyl (C=O) groups is 2. The molecular weight excluding hydrogens is 1080 g/mol. The molecule has 0 radical (unpaired) electrons. The molecule has 0 spiro atoms. The molecule has 0 saturated heterocycles. The minimum Gasteiger partial charge on any atom is -0.393 e. The summed E-state index contributed by atoms with van der Waals surface area (Å²) in [7, 11) is 3.22. The number of hydrogen-bond acceptors (Lipinski definition) is 6. The van der Waals surface area contributed by atoms with Gasteiger partial charge in [-0.05, 0) is 165 Å². The van der Waals surface area contributed by atoms with E-state index in [1.54, 1.807) is 14.2 Å². The molecule has 4 aliphatic rings. The minimum atomic E-state index is -0.347. The molecule has 6 nitrogen and oxygen atoms in total. The first-order chi connectivity index (χ1) is 41.1. The molecule has 0 bridgehead atoms. The lowest BCUT2D eigenvalue weighted by Gasteiger charge is -2.38.